The van der Waals surface area contributed by atoms with E-state index in [0.29, 0.717) is 0 Å². The molecule has 1 fully saturated rings. The molecule has 3 aromatic rings. The van der Waals surface area contributed by atoms with Crippen LogP contribution in [0.15, 0.2) is 39.5 Å². The van der Waals surface area contributed by atoms with Gasteiger partial charge in [0.1, 0.15) is 11.3 Å². The summed E-state index contributed by atoms with van der Waals surface area (Å²) in [7, 11) is 0. The highest BCUT2D eigenvalue weighted by atomic mass is 35.5. The summed E-state index contributed by atoms with van der Waals surface area (Å²) in [5.74, 6) is -1.67. The molecule has 0 unspecified atom stereocenters. The molecule has 2 heterocycles. The number of hydrogen-bond acceptors (Lipinski definition) is 4. The molecule has 0 bridgehead atoms. The van der Waals surface area contributed by atoms with Crippen LogP contribution >= 0.6 is 23.2 Å². The number of phenols is 1. The van der Waals surface area contributed by atoms with Gasteiger partial charge in [0.2, 0.25) is 11.2 Å². The Kier molecular flexibility index (Phi) is 6.67. The molecule has 0 spiro atoms. The second kappa shape index (κ2) is 9.20. The number of fused-ring (bicyclic) bond motifs is 1. The van der Waals surface area contributed by atoms with E-state index in [0.717, 1.165) is 32.2 Å². The summed E-state index contributed by atoms with van der Waals surface area (Å²) in [5, 5.41) is 10.6. The molecule has 0 amide bonds. The molecular formula is C24H22Cl2F3NO3. The second-order valence-corrected chi connectivity index (χ2v) is 9.07. The highest BCUT2D eigenvalue weighted by Crippen LogP contribution is 2.41. The summed E-state index contributed by atoms with van der Waals surface area (Å²) < 4.78 is 47.7. The highest BCUT2D eigenvalue weighted by Gasteiger charge is 2.40. The molecule has 4 nitrogen and oxygen atoms in total. The number of nitrogens with zero attached hydrogens (tertiary/aromatic N) is 1. The number of hydrogen-bond donors (Lipinski definition) is 1. The minimum Gasteiger partial charge on any atom is -0.507 e. The van der Waals surface area contributed by atoms with E-state index in [4.69, 9.17) is 27.6 Å². The second-order valence-electron chi connectivity index (χ2n) is 8.23. The van der Waals surface area contributed by atoms with Crippen LogP contribution in [0.4, 0.5) is 13.2 Å². The first-order chi connectivity index (χ1) is 15.6. The molecule has 0 radical (unpaired) electrons. The molecule has 1 aromatic heterocycles. The van der Waals surface area contributed by atoms with Crippen LogP contribution in [-0.4, -0.2) is 22.6 Å². The summed E-state index contributed by atoms with van der Waals surface area (Å²) >= 11 is 12.0. The van der Waals surface area contributed by atoms with Gasteiger partial charge in [0, 0.05) is 23.2 Å². The van der Waals surface area contributed by atoms with Crippen LogP contribution in [-0.2, 0) is 12.7 Å². The predicted molar refractivity (Wildman–Crippen MR) is 123 cm³/mol. The molecule has 33 heavy (non-hydrogen) atoms. The fourth-order valence-electron chi connectivity index (χ4n) is 4.53. The van der Waals surface area contributed by atoms with Gasteiger partial charge in [-0.1, -0.05) is 42.6 Å². The average Bonchev–Trinajstić information content (AvgIpc) is 2.76. The van der Waals surface area contributed by atoms with Gasteiger partial charge in [-0.05, 0) is 50.1 Å². The van der Waals surface area contributed by atoms with Crippen molar-refractivity contribution in [3.8, 4) is 16.9 Å². The van der Waals surface area contributed by atoms with Crippen molar-refractivity contribution >= 4 is 34.2 Å². The number of likely N-dealkylation sites (tertiary alicyclic amines) is 1. The lowest BCUT2D eigenvalue weighted by Crippen LogP contribution is -2.38. The van der Waals surface area contributed by atoms with Gasteiger partial charge in [-0.2, -0.15) is 13.2 Å². The van der Waals surface area contributed by atoms with Crippen molar-refractivity contribution in [3.63, 3.8) is 0 Å². The number of piperidine rings is 1. The van der Waals surface area contributed by atoms with E-state index in [2.05, 4.69) is 11.8 Å². The van der Waals surface area contributed by atoms with Gasteiger partial charge in [0.25, 0.3) is 0 Å². The van der Waals surface area contributed by atoms with Crippen LogP contribution in [0.1, 0.15) is 43.9 Å². The van der Waals surface area contributed by atoms with Gasteiger partial charge in [-0.15, -0.1) is 0 Å². The standard InChI is InChI=1S/C24H22Cl2F3NO3/c1-2-14-5-3-4-10-30(14)12-17-19(31)9-8-16-21(32)20(15-7-6-13(25)11-18(15)26)23(24(27,28)29)33-22(16)17/h6-9,11,14,31H,2-5,10,12H2,1H3/t14-/m0/s1. The van der Waals surface area contributed by atoms with Crippen LogP contribution in [0.25, 0.3) is 22.1 Å². The van der Waals surface area contributed by atoms with E-state index in [1.807, 2.05) is 0 Å². The van der Waals surface area contributed by atoms with E-state index in [1.54, 1.807) is 0 Å². The number of rotatable bonds is 4. The fraction of sp³-hybridized carbons (Fsp3) is 0.375. The average molecular weight is 500 g/mol. The molecule has 2 aromatic carbocycles. The lowest BCUT2D eigenvalue weighted by molar-refractivity contribution is -0.152. The van der Waals surface area contributed by atoms with Crippen molar-refractivity contribution in [2.24, 2.45) is 0 Å². The third-order valence-electron chi connectivity index (χ3n) is 6.18. The summed E-state index contributed by atoms with van der Waals surface area (Å²) in [6, 6.07) is 6.73. The fourth-order valence-corrected chi connectivity index (χ4v) is 5.03. The summed E-state index contributed by atoms with van der Waals surface area (Å²) in [6.07, 6.45) is -1.08. The maximum atomic E-state index is 14.1. The van der Waals surface area contributed by atoms with Gasteiger partial charge in [0.05, 0.1) is 21.5 Å². The van der Waals surface area contributed by atoms with Gasteiger partial charge >= 0.3 is 6.18 Å². The van der Waals surface area contributed by atoms with Crippen molar-refractivity contribution in [1.29, 1.82) is 0 Å². The molecule has 1 aliphatic rings. The normalized spacial score (nSPS) is 17.6. The summed E-state index contributed by atoms with van der Waals surface area (Å²) in [4.78, 5) is 15.5. The van der Waals surface area contributed by atoms with Crippen molar-refractivity contribution < 1.29 is 22.7 Å². The third kappa shape index (κ3) is 4.59. The SMILES string of the molecule is CC[C@H]1CCCCN1Cc1c(O)ccc2c(=O)c(-c3ccc(Cl)cc3Cl)c(C(F)(F)F)oc12. The quantitative estimate of drug-likeness (QED) is 0.410. The van der Waals surface area contributed by atoms with E-state index in [1.165, 1.54) is 30.3 Å². The first kappa shape index (κ1) is 23.9. The van der Waals surface area contributed by atoms with Crippen LogP contribution in [0.3, 0.4) is 0 Å². The zero-order valence-electron chi connectivity index (χ0n) is 17.8. The first-order valence-electron chi connectivity index (χ1n) is 10.7. The summed E-state index contributed by atoms with van der Waals surface area (Å²) in [6.45, 7) is 2.99. The highest BCUT2D eigenvalue weighted by molar-refractivity contribution is 6.36. The molecule has 0 aliphatic carbocycles. The van der Waals surface area contributed by atoms with Crippen molar-refractivity contribution in [3.05, 3.63) is 61.9 Å². The zero-order valence-corrected chi connectivity index (χ0v) is 19.3. The van der Waals surface area contributed by atoms with E-state index in [-0.39, 0.29) is 50.5 Å². The number of phenolic OH excluding ortho intramolecular Hbond substituents is 1. The van der Waals surface area contributed by atoms with Crippen molar-refractivity contribution in [2.75, 3.05) is 6.54 Å². The van der Waals surface area contributed by atoms with Crippen LogP contribution in [0.2, 0.25) is 10.0 Å². The van der Waals surface area contributed by atoms with Crippen LogP contribution < -0.4 is 5.43 Å². The minimum atomic E-state index is -4.97. The topological polar surface area (TPSA) is 53.7 Å². The number of halogens is 5. The van der Waals surface area contributed by atoms with E-state index >= 15 is 0 Å². The smallest absolute Gasteiger partial charge is 0.450 e. The zero-order chi connectivity index (χ0) is 23.9. The molecule has 1 aliphatic heterocycles. The number of benzene rings is 2. The Morgan fingerprint density at radius 1 is 1.18 bits per heavy atom. The van der Waals surface area contributed by atoms with Gasteiger partial charge in [0.15, 0.2) is 0 Å². The lowest BCUT2D eigenvalue weighted by Gasteiger charge is -2.35. The monoisotopic (exact) mass is 499 g/mol. The van der Waals surface area contributed by atoms with Crippen molar-refractivity contribution in [2.45, 2.75) is 51.4 Å². The Labute approximate surface area is 198 Å². The first-order valence-corrected chi connectivity index (χ1v) is 11.5. The van der Waals surface area contributed by atoms with Crippen LogP contribution in [0.5, 0.6) is 5.75 Å². The van der Waals surface area contributed by atoms with Gasteiger partial charge in [-0.25, -0.2) is 0 Å². The molecule has 1 N–H and O–H groups in total. The Morgan fingerprint density at radius 3 is 2.61 bits per heavy atom. The number of alkyl halides is 3. The molecule has 1 atom stereocenters. The van der Waals surface area contributed by atoms with E-state index < -0.39 is 22.9 Å². The van der Waals surface area contributed by atoms with Gasteiger partial charge in [-0.3, -0.25) is 9.69 Å². The molecule has 4 rings (SSSR count). The third-order valence-corrected chi connectivity index (χ3v) is 6.73. The van der Waals surface area contributed by atoms with Crippen molar-refractivity contribution in [1.82, 2.24) is 4.90 Å². The van der Waals surface area contributed by atoms with Crippen LogP contribution in [0, 0.1) is 0 Å². The van der Waals surface area contributed by atoms with E-state index in [9.17, 15) is 23.1 Å². The molecule has 0 saturated carbocycles. The maximum Gasteiger partial charge on any atom is 0.450 e. The lowest BCUT2D eigenvalue weighted by atomic mass is 9.97. The predicted octanol–water partition coefficient (Wildman–Crippen LogP) is 7.26. The summed E-state index contributed by atoms with van der Waals surface area (Å²) in [5.41, 5.74) is -1.77. The Balaban J connectivity index is 1.97. The largest absolute Gasteiger partial charge is 0.507 e. The Hall–Kier alpha value is -2.22. The maximum absolute atomic E-state index is 14.1. The Bertz CT molecular complexity index is 1260. The minimum absolute atomic E-state index is 0.0538. The molecule has 9 heteroatoms. The molecular weight excluding hydrogens is 478 g/mol. The molecule has 1 saturated heterocycles. The molecule has 176 valence electrons. The Morgan fingerprint density at radius 2 is 1.94 bits per heavy atom. The van der Waals surface area contributed by atoms with Gasteiger partial charge < -0.3 is 9.52 Å². The number of aromatic hydroxyl groups is 1.